The Bertz CT molecular complexity index is 885. The zero-order chi connectivity index (χ0) is 15.5. The maximum atomic E-state index is 12.2. The molecule has 0 aliphatic carbocycles. The van der Waals surface area contributed by atoms with E-state index in [0.717, 1.165) is 5.56 Å². The van der Waals surface area contributed by atoms with Crippen molar-refractivity contribution < 1.29 is 9.53 Å². The number of rotatable bonds is 3. The first kappa shape index (κ1) is 14.0. The molecule has 0 fully saturated rings. The minimum Gasteiger partial charge on any atom is -0.468 e. The van der Waals surface area contributed by atoms with Gasteiger partial charge in [0.15, 0.2) is 0 Å². The fourth-order valence-electron chi connectivity index (χ4n) is 2.38. The Balaban J connectivity index is 2.33. The number of nitrogens with zero attached hydrogens (tertiary/aromatic N) is 2. The second kappa shape index (κ2) is 5.81. The van der Waals surface area contributed by atoms with Crippen molar-refractivity contribution in [3.63, 3.8) is 0 Å². The number of carbonyl (C=O) groups excluding carboxylic acids is 1. The topological polar surface area (TPSA) is 61.2 Å². The SMILES string of the molecule is COC(=O)Cn1c(-c2ccccc2)nc(=O)c2ccccc21. The van der Waals surface area contributed by atoms with Gasteiger partial charge < -0.3 is 9.30 Å². The lowest BCUT2D eigenvalue weighted by atomic mass is 10.1. The summed E-state index contributed by atoms with van der Waals surface area (Å²) in [6.07, 6.45) is 0. The van der Waals surface area contributed by atoms with Crippen molar-refractivity contribution in [2.24, 2.45) is 0 Å². The summed E-state index contributed by atoms with van der Waals surface area (Å²) in [6.45, 7) is -0.00544. The Morgan fingerprint density at radius 3 is 2.50 bits per heavy atom. The molecule has 1 aromatic heterocycles. The molecule has 1 heterocycles. The molecule has 3 rings (SSSR count). The first-order valence-electron chi connectivity index (χ1n) is 6.82. The molecule has 22 heavy (non-hydrogen) atoms. The molecule has 3 aromatic rings. The van der Waals surface area contributed by atoms with E-state index in [9.17, 15) is 9.59 Å². The lowest BCUT2D eigenvalue weighted by Gasteiger charge is -2.14. The van der Waals surface area contributed by atoms with E-state index in [1.54, 1.807) is 22.8 Å². The van der Waals surface area contributed by atoms with Gasteiger partial charge in [-0.25, -0.2) is 0 Å². The third kappa shape index (κ3) is 2.48. The van der Waals surface area contributed by atoms with Crippen molar-refractivity contribution >= 4 is 16.9 Å². The molecular formula is C17H14N2O3. The van der Waals surface area contributed by atoms with Gasteiger partial charge in [0, 0.05) is 5.56 Å². The molecule has 0 aliphatic rings. The lowest BCUT2D eigenvalue weighted by molar-refractivity contribution is -0.141. The van der Waals surface area contributed by atoms with E-state index in [-0.39, 0.29) is 12.1 Å². The maximum Gasteiger partial charge on any atom is 0.325 e. The van der Waals surface area contributed by atoms with Crippen molar-refractivity contribution in [3.05, 3.63) is 65.0 Å². The summed E-state index contributed by atoms with van der Waals surface area (Å²) in [5, 5.41) is 0.478. The quantitative estimate of drug-likeness (QED) is 0.695. The minimum atomic E-state index is -0.396. The molecule has 0 saturated heterocycles. The van der Waals surface area contributed by atoms with Gasteiger partial charge in [0.2, 0.25) is 0 Å². The van der Waals surface area contributed by atoms with Crippen LogP contribution in [0, 0.1) is 0 Å². The van der Waals surface area contributed by atoms with E-state index < -0.39 is 5.97 Å². The Kier molecular flexibility index (Phi) is 3.70. The van der Waals surface area contributed by atoms with Gasteiger partial charge in [-0.1, -0.05) is 42.5 Å². The fraction of sp³-hybridized carbons (Fsp3) is 0.118. The summed E-state index contributed by atoms with van der Waals surface area (Å²) < 4.78 is 6.46. The number of fused-ring (bicyclic) bond motifs is 1. The van der Waals surface area contributed by atoms with Crippen molar-refractivity contribution in [1.29, 1.82) is 0 Å². The highest BCUT2D eigenvalue weighted by atomic mass is 16.5. The number of carbonyl (C=O) groups is 1. The van der Waals surface area contributed by atoms with Gasteiger partial charge in [-0.3, -0.25) is 9.59 Å². The van der Waals surface area contributed by atoms with E-state index in [0.29, 0.717) is 16.7 Å². The van der Waals surface area contributed by atoms with Crippen molar-refractivity contribution in [2.75, 3.05) is 7.11 Å². The normalized spacial score (nSPS) is 10.6. The van der Waals surface area contributed by atoms with Gasteiger partial charge in [0.1, 0.15) is 12.4 Å². The molecule has 0 atom stereocenters. The predicted octanol–water partition coefficient (Wildman–Crippen LogP) is 2.24. The van der Waals surface area contributed by atoms with Crippen LogP contribution in [0.5, 0.6) is 0 Å². The van der Waals surface area contributed by atoms with Gasteiger partial charge in [0.05, 0.1) is 18.0 Å². The largest absolute Gasteiger partial charge is 0.468 e. The number of esters is 1. The number of benzene rings is 2. The van der Waals surface area contributed by atoms with Gasteiger partial charge in [-0.05, 0) is 12.1 Å². The summed E-state index contributed by atoms with van der Waals surface area (Å²) in [7, 11) is 1.34. The Labute approximate surface area is 126 Å². The number of aromatic nitrogens is 2. The zero-order valence-electron chi connectivity index (χ0n) is 12.0. The second-order valence-electron chi connectivity index (χ2n) is 4.79. The van der Waals surface area contributed by atoms with Crippen LogP contribution in [0.3, 0.4) is 0 Å². The van der Waals surface area contributed by atoms with Gasteiger partial charge >= 0.3 is 5.97 Å². The number of para-hydroxylation sites is 1. The Hall–Kier alpha value is -2.95. The summed E-state index contributed by atoms with van der Waals surface area (Å²) in [5.74, 6) is 0.0579. The molecule has 0 aliphatic heterocycles. The molecule has 110 valence electrons. The molecule has 0 radical (unpaired) electrons. The Morgan fingerprint density at radius 1 is 1.09 bits per heavy atom. The zero-order valence-corrected chi connectivity index (χ0v) is 12.0. The van der Waals surface area contributed by atoms with E-state index >= 15 is 0 Å². The first-order valence-corrected chi connectivity index (χ1v) is 6.82. The van der Waals surface area contributed by atoms with Crippen LogP contribution >= 0.6 is 0 Å². The number of methoxy groups -OCH3 is 1. The second-order valence-corrected chi connectivity index (χ2v) is 4.79. The van der Waals surface area contributed by atoms with Crippen LogP contribution in [0.25, 0.3) is 22.3 Å². The molecular weight excluding hydrogens is 280 g/mol. The molecule has 0 amide bonds. The van der Waals surface area contributed by atoms with Crippen LogP contribution in [-0.2, 0) is 16.1 Å². The van der Waals surface area contributed by atoms with Gasteiger partial charge in [-0.2, -0.15) is 4.98 Å². The highest BCUT2D eigenvalue weighted by molar-refractivity contribution is 5.82. The molecule has 2 aromatic carbocycles. The van der Waals surface area contributed by atoms with E-state index in [1.807, 2.05) is 36.4 Å². The summed E-state index contributed by atoms with van der Waals surface area (Å²) in [5.41, 5.74) is 1.12. The average Bonchev–Trinajstić information content (AvgIpc) is 2.58. The third-order valence-electron chi connectivity index (χ3n) is 3.44. The van der Waals surface area contributed by atoms with Crippen LogP contribution in [0.1, 0.15) is 0 Å². The standard InChI is InChI=1S/C17H14N2O3/c1-22-15(20)11-19-14-10-6-5-9-13(14)17(21)18-16(19)12-7-3-2-4-8-12/h2-10H,11H2,1H3. The van der Waals surface area contributed by atoms with Gasteiger partial charge in [0.25, 0.3) is 5.56 Å². The number of hydrogen-bond acceptors (Lipinski definition) is 4. The highest BCUT2D eigenvalue weighted by Gasteiger charge is 2.14. The van der Waals surface area contributed by atoms with Gasteiger partial charge in [-0.15, -0.1) is 0 Å². The molecule has 0 saturated carbocycles. The van der Waals surface area contributed by atoms with Crippen LogP contribution in [0.15, 0.2) is 59.4 Å². The van der Waals surface area contributed by atoms with Crippen LogP contribution in [-0.4, -0.2) is 22.6 Å². The van der Waals surface area contributed by atoms with Crippen molar-refractivity contribution in [3.8, 4) is 11.4 Å². The first-order chi connectivity index (χ1) is 10.7. The lowest BCUT2D eigenvalue weighted by Crippen LogP contribution is -2.20. The maximum absolute atomic E-state index is 12.2. The van der Waals surface area contributed by atoms with Crippen LogP contribution < -0.4 is 5.56 Å². The summed E-state index contributed by atoms with van der Waals surface area (Å²) in [4.78, 5) is 28.1. The molecule has 0 N–H and O–H groups in total. The monoisotopic (exact) mass is 294 g/mol. The number of ether oxygens (including phenoxy) is 1. The van der Waals surface area contributed by atoms with E-state index in [1.165, 1.54) is 7.11 Å². The number of hydrogen-bond donors (Lipinski definition) is 0. The van der Waals surface area contributed by atoms with E-state index in [2.05, 4.69) is 4.98 Å². The van der Waals surface area contributed by atoms with Crippen LogP contribution in [0.2, 0.25) is 0 Å². The van der Waals surface area contributed by atoms with E-state index in [4.69, 9.17) is 4.74 Å². The predicted molar refractivity (Wildman–Crippen MR) is 83.5 cm³/mol. The molecule has 5 nitrogen and oxygen atoms in total. The summed E-state index contributed by atoms with van der Waals surface area (Å²) in [6, 6.07) is 16.4. The summed E-state index contributed by atoms with van der Waals surface area (Å²) >= 11 is 0. The fourth-order valence-corrected chi connectivity index (χ4v) is 2.38. The minimum absolute atomic E-state index is 0.00544. The Morgan fingerprint density at radius 2 is 1.77 bits per heavy atom. The average molecular weight is 294 g/mol. The highest BCUT2D eigenvalue weighted by Crippen LogP contribution is 2.20. The smallest absolute Gasteiger partial charge is 0.325 e. The molecule has 5 heteroatoms. The van der Waals surface area contributed by atoms with Crippen molar-refractivity contribution in [2.45, 2.75) is 6.54 Å². The molecule has 0 bridgehead atoms. The molecule has 0 unspecified atom stereocenters. The molecule has 0 spiro atoms. The van der Waals surface area contributed by atoms with Crippen LogP contribution in [0.4, 0.5) is 0 Å². The van der Waals surface area contributed by atoms with Crippen molar-refractivity contribution in [1.82, 2.24) is 9.55 Å². The third-order valence-corrected chi connectivity index (χ3v) is 3.44.